The van der Waals surface area contributed by atoms with Crippen LogP contribution in [-0.4, -0.2) is 18.6 Å². The second-order valence-electron chi connectivity index (χ2n) is 4.30. The van der Waals surface area contributed by atoms with Crippen molar-refractivity contribution in [2.24, 2.45) is 0 Å². The Morgan fingerprint density at radius 1 is 1.21 bits per heavy atom. The van der Waals surface area contributed by atoms with Crippen LogP contribution < -0.4 is 10.2 Å². The van der Waals surface area contributed by atoms with Gasteiger partial charge >= 0.3 is 0 Å². The summed E-state index contributed by atoms with van der Waals surface area (Å²) in [4.78, 5) is 5.99. The van der Waals surface area contributed by atoms with Crippen LogP contribution in [0.25, 0.3) is 0 Å². The Balaban J connectivity index is 2.33. The highest BCUT2D eigenvalue weighted by atomic mass is 19.1. The summed E-state index contributed by atoms with van der Waals surface area (Å²) in [5.41, 5.74) is 2.57. The van der Waals surface area contributed by atoms with Crippen LogP contribution in [0.1, 0.15) is 12.5 Å². The van der Waals surface area contributed by atoms with Gasteiger partial charge in [0.05, 0.1) is 5.69 Å². The summed E-state index contributed by atoms with van der Waals surface area (Å²) in [5.74, 6) is -0.226. The smallest absolute Gasteiger partial charge is 0.146 e. The highest BCUT2D eigenvalue weighted by molar-refractivity contribution is 5.65. The van der Waals surface area contributed by atoms with Gasteiger partial charge in [0.1, 0.15) is 5.82 Å². The lowest BCUT2D eigenvalue weighted by atomic mass is 10.2. The molecule has 2 rings (SSSR count). The number of pyridine rings is 1. The Kier molecular flexibility index (Phi) is 4.47. The van der Waals surface area contributed by atoms with E-state index in [4.69, 9.17) is 0 Å². The number of hydrogen-bond donors (Lipinski definition) is 1. The van der Waals surface area contributed by atoms with E-state index < -0.39 is 0 Å². The molecule has 0 unspecified atom stereocenters. The minimum Gasteiger partial charge on any atom is -0.342 e. The van der Waals surface area contributed by atoms with Gasteiger partial charge in [-0.3, -0.25) is 4.98 Å². The summed E-state index contributed by atoms with van der Waals surface area (Å²) in [6, 6.07) is 8.67. The summed E-state index contributed by atoms with van der Waals surface area (Å²) in [5, 5.41) is 3.27. The van der Waals surface area contributed by atoms with Gasteiger partial charge in [-0.1, -0.05) is 19.1 Å². The predicted octanol–water partition coefficient (Wildman–Crippen LogP) is 3.10. The van der Waals surface area contributed by atoms with Crippen molar-refractivity contribution in [3.63, 3.8) is 0 Å². The van der Waals surface area contributed by atoms with Gasteiger partial charge in [0.25, 0.3) is 0 Å². The van der Waals surface area contributed by atoms with E-state index in [0.29, 0.717) is 5.69 Å². The molecule has 0 aliphatic carbocycles. The zero-order valence-electron chi connectivity index (χ0n) is 11.2. The number of hydrogen-bond acceptors (Lipinski definition) is 3. The fraction of sp³-hybridized carbons (Fsp3) is 0.267. The van der Waals surface area contributed by atoms with E-state index in [9.17, 15) is 4.39 Å². The van der Waals surface area contributed by atoms with E-state index in [1.54, 1.807) is 18.3 Å². The van der Waals surface area contributed by atoms with Crippen LogP contribution in [-0.2, 0) is 6.54 Å². The largest absolute Gasteiger partial charge is 0.342 e. The van der Waals surface area contributed by atoms with Crippen molar-refractivity contribution >= 4 is 11.4 Å². The maximum Gasteiger partial charge on any atom is 0.146 e. The van der Waals surface area contributed by atoms with Gasteiger partial charge in [-0.05, 0) is 24.7 Å². The van der Waals surface area contributed by atoms with Gasteiger partial charge in [0, 0.05) is 37.2 Å². The van der Waals surface area contributed by atoms with Crippen molar-refractivity contribution in [1.82, 2.24) is 10.3 Å². The van der Waals surface area contributed by atoms with E-state index in [2.05, 4.69) is 17.2 Å². The van der Waals surface area contributed by atoms with Gasteiger partial charge in [0.2, 0.25) is 0 Å². The summed E-state index contributed by atoms with van der Waals surface area (Å²) >= 11 is 0. The van der Waals surface area contributed by atoms with Gasteiger partial charge in [0.15, 0.2) is 0 Å². The molecule has 3 nitrogen and oxygen atoms in total. The maximum atomic E-state index is 13.8. The SMILES string of the molecule is CCNCc1cnccc1N(C)c1ccccc1F. The number of benzene rings is 1. The molecule has 0 radical (unpaired) electrons. The molecule has 0 fully saturated rings. The van der Waals surface area contributed by atoms with Gasteiger partial charge in [-0.15, -0.1) is 0 Å². The number of rotatable bonds is 5. The fourth-order valence-corrected chi connectivity index (χ4v) is 2.00. The lowest BCUT2D eigenvalue weighted by Crippen LogP contribution is -2.18. The number of nitrogens with one attached hydrogen (secondary N) is 1. The molecule has 0 atom stereocenters. The molecule has 2 aromatic rings. The Labute approximate surface area is 113 Å². The molecule has 0 saturated carbocycles. The van der Waals surface area contributed by atoms with Crippen LogP contribution >= 0.6 is 0 Å². The molecular weight excluding hydrogens is 241 g/mol. The molecule has 0 spiro atoms. The lowest BCUT2D eigenvalue weighted by molar-refractivity contribution is 0.627. The highest BCUT2D eigenvalue weighted by Crippen LogP contribution is 2.28. The molecule has 1 aromatic carbocycles. The van der Waals surface area contributed by atoms with E-state index in [1.807, 2.05) is 30.3 Å². The van der Waals surface area contributed by atoms with Gasteiger partial charge in [-0.2, -0.15) is 0 Å². The number of halogens is 1. The monoisotopic (exact) mass is 259 g/mol. The van der Waals surface area contributed by atoms with E-state index in [0.717, 1.165) is 24.3 Å². The summed E-state index contributed by atoms with van der Waals surface area (Å²) < 4.78 is 13.8. The van der Waals surface area contributed by atoms with Crippen LogP contribution in [0.15, 0.2) is 42.7 Å². The topological polar surface area (TPSA) is 28.2 Å². The number of anilines is 2. The summed E-state index contributed by atoms with van der Waals surface area (Å²) in [6.45, 7) is 3.66. The second-order valence-corrected chi connectivity index (χ2v) is 4.30. The van der Waals surface area contributed by atoms with E-state index in [-0.39, 0.29) is 5.82 Å². The molecule has 0 saturated heterocycles. The average Bonchev–Trinajstić information content (AvgIpc) is 2.45. The molecule has 4 heteroatoms. The minimum absolute atomic E-state index is 0.226. The fourth-order valence-electron chi connectivity index (χ4n) is 2.00. The van der Waals surface area contributed by atoms with Crippen molar-refractivity contribution in [2.45, 2.75) is 13.5 Å². The third-order valence-electron chi connectivity index (χ3n) is 3.02. The molecule has 100 valence electrons. The molecule has 1 N–H and O–H groups in total. The third-order valence-corrected chi connectivity index (χ3v) is 3.02. The predicted molar refractivity (Wildman–Crippen MR) is 76.1 cm³/mol. The Hall–Kier alpha value is -1.94. The molecule has 1 heterocycles. The van der Waals surface area contributed by atoms with Crippen molar-refractivity contribution in [3.8, 4) is 0 Å². The first-order chi connectivity index (χ1) is 9.24. The van der Waals surface area contributed by atoms with Crippen LogP contribution in [0.2, 0.25) is 0 Å². The molecular formula is C15H18FN3. The van der Waals surface area contributed by atoms with E-state index in [1.165, 1.54) is 6.07 Å². The number of aromatic nitrogens is 1. The van der Waals surface area contributed by atoms with Crippen LogP contribution in [0.5, 0.6) is 0 Å². The summed E-state index contributed by atoms with van der Waals surface area (Å²) in [7, 11) is 1.86. The van der Waals surface area contributed by atoms with E-state index >= 15 is 0 Å². The average molecular weight is 259 g/mol. The van der Waals surface area contributed by atoms with Crippen LogP contribution in [0.3, 0.4) is 0 Å². The first kappa shape index (κ1) is 13.5. The lowest BCUT2D eigenvalue weighted by Gasteiger charge is -2.22. The third kappa shape index (κ3) is 3.09. The number of nitrogens with zero attached hydrogens (tertiary/aromatic N) is 2. The Morgan fingerprint density at radius 2 is 2.00 bits per heavy atom. The Bertz CT molecular complexity index is 542. The highest BCUT2D eigenvalue weighted by Gasteiger charge is 2.12. The quantitative estimate of drug-likeness (QED) is 0.894. The summed E-state index contributed by atoms with van der Waals surface area (Å²) in [6.07, 6.45) is 3.54. The molecule has 0 amide bonds. The van der Waals surface area contributed by atoms with Crippen LogP contribution in [0.4, 0.5) is 15.8 Å². The molecule has 0 bridgehead atoms. The van der Waals surface area contributed by atoms with Crippen molar-refractivity contribution in [3.05, 3.63) is 54.1 Å². The minimum atomic E-state index is -0.226. The van der Waals surface area contributed by atoms with Crippen LogP contribution in [0, 0.1) is 5.82 Å². The van der Waals surface area contributed by atoms with Crippen molar-refractivity contribution in [2.75, 3.05) is 18.5 Å². The van der Waals surface area contributed by atoms with Gasteiger partial charge < -0.3 is 10.2 Å². The van der Waals surface area contributed by atoms with Gasteiger partial charge in [-0.25, -0.2) is 4.39 Å². The Morgan fingerprint density at radius 3 is 2.74 bits per heavy atom. The maximum absolute atomic E-state index is 13.8. The molecule has 0 aliphatic heterocycles. The molecule has 1 aromatic heterocycles. The van der Waals surface area contributed by atoms with Crippen molar-refractivity contribution < 1.29 is 4.39 Å². The normalized spacial score (nSPS) is 10.5. The number of para-hydroxylation sites is 1. The molecule has 0 aliphatic rings. The molecule has 19 heavy (non-hydrogen) atoms. The zero-order valence-corrected chi connectivity index (χ0v) is 11.2. The van der Waals surface area contributed by atoms with Crippen molar-refractivity contribution in [1.29, 1.82) is 0 Å². The standard InChI is InChI=1S/C15H18FN3/c1-3-17-10-12-11-18-9-8-14(12)19(2)15-7-5-4-6-13(15)16/h4-9,11,17H,3,10H2,1-2H3. The zero-order chi connectivity index (χ0) is 13.7. The first-order valence-electron chi connectivity index (χ1n) is 6.36. The first-order valence-corrected chi connectivity index (χ1v) is 6.36. The second kappa shape index (κ2) is 6.29.